The van der Waals surface area contributed by atoms with E-state index < -0.39 is 68.3 Å². The Morgan fingerprint density at radius 1 is 0.346 bits per heavy atom. The highest BCUT2D eigenvalue weighted by Gasteiger charge is 2.16. The van der Waals surface area contributed by atoms with Crippen molar-refractivity contribution in [2.45, 2.75) is 118 Å². The molecule has 81 heavy (non-hydrogen) atoms. The lowest BCUT2D eigenvalue weighted by molar-refractivity contribution is 0.195. The Kier molecular flexibility index (Phi) is 34.9. The molecule has 26 nitrogen and oxygen atoms in total. The standard InChI is InChI=1S/C21H33N3O3.C12H15N3O3.C7H14O.2C6H9N3O3.C3H6O/c1-16(2)10-7-13-22-19(25)23(14-8-11-17(3)4)21(27)24(20(22)26)15-9-12-18(5)6;1-4-7-13-10(16)14(8-5-2)12(18)15(9-6-3)11(13)17;1-7(2)5-4-6-8-3;2*1-7-4(10)8(2)6(12)9(3)5(7)11;1-3-4-2/h1,3,5,7-15H2,2,4,6H3;4-6H,1-3,7-9H2;1,4-6H2,2-3H3;2*1-3H3;3H,1H2,2H3. The summed E-state index contributed by atoms with van der Waals surface area (Å²) in [4.78, 5) is 141. The number of ether oxygens (including phenoxy) is 2. The highest BCUT2D eigenvalue weighted by Crippen LogP contribution is 2.04. The maximum atomic E-state index is 12.7. The Hall–Kier alpha value is -8.68. The molecule has 0 N–H and O–H groups in total. The molecule has 0 aliphatic rings. The number of hydrogen-bond acceptors (Lipinski definition) is 14. The third kappa shape index (κ3) is 23.7. The van der Waals surface area contributed by atoms with Gasteiger partial charge in [-0.15, -0.1) is 46.1 Å². The first-order valence-corrected chi connectivity index (χ1v) is 25.4. The molecule has 0 amide bonds. The molecule has 0 radical (unpaired) electrons. The lowest BCUT2D eigenvalue weighted by Gasteiger charge is -2.14. The van der Waals surface area contributed by atoms with Crippen LogP contribution in [0.5, 0.6) is 0 Å². The zero-order chi connectivity index (χ0) is 63.0. The fourth-order valence-electron chi connectivity index (χ4n) is 6.77. The van der Waals surface area contributed by atoms with E-state index in [4.69, 9.17) is 4.74 Å². The van der Waals surface area contributed by atoms with Crippen LogP contribution in [0.2, 0.25) is 0 Å². The van der Waals surface area contributed by atoms with E-state index in [0.717, 1.165) is 96.5 Å². The SMILES string of the molecule is C=C(C)CCCOC.C=C(C)CCCn1c(=O)n(CCCC(=C)C)c(=O)n(CCCC(=C)C)c1=O.C=CCn1c(=O)n(CC=C)c(=O)n(CC=C)c1=O.C=COC.Cn1c(=O)n(C)c(=O)n(C)c1=O.Cn1c(=O)n(C)c(=O)n(C)c1=O. The van der Waals surface area contributed by atoms with E-state index in [1.54, 1.807) is 14.2 Å². The number of methoxy groups -OCH3 is 2. The van der Waals surface area contributed by atoms with Gasteiger partial charge in [0.2, 0.25) is 0 Å². The Morgan fingerprint density at radius 3 is 0.691 bits per heavy atom. The van der Waals surface area contributed by atoms with Gasteiger partial charge in [0.1, 0.15) is 0 Å². The number of allylic oxidation sites excluding steroid dienone is 7. The van der Waals surface area contributed by atoms with Crippen LogP contribution in [0.4, 0.5) is 0 Å². The van der Waals surface area contributed by atoms with Crippen molar-refractivity contribution in [3.63, 3.8) is 0 Å². The second-order valence-corrected chi connectivity index (χ2v) is 18.5. The van der Waals surface area contributed by atoms with Crippen LogP contribution in [0.3, 0.4) is 0 Å². The highest BCUT2D eigenvalue weighted by molar-refractivity contribution is 4.91. The molecule has 4 rings (SSSR count). The van der Waals surface area contributed by atoms with Crippen molar-refractivity contribution in [3.8, 4) is 0 Å². The van der Waals surface area contributed by atoms with E-state index in [0.29, 0.717) is 19.3 Å². The van der Waals surface area contributed by atoms with E-state index in [1.807, 2.05) is 27.7 Å². The van der Waals surface area contributed by atoms with Crippen LogP contribution in [0.25, 0.3) is 0 Å². The van der Waals surface area contributed by atoms with Crippen LogP contribution in [0.15, 0.2) is 157 Å². The quantitative estimate of drug-likeness (QED) is 0.0575. The van der Waals surface area contributed by atoms with Crippen molar-refractivity contribution in [2.24, 2.45) is 42.3 Å². The fraction of sp³-hybridized carbons (Fsp3) is 0.491. The first kappa shape index (κ1) is 74.4. The summed E-state index contributed by atoms with van der Waals surface area (Å²) in [6.07, 6.45) is 11.9. The monoisotopic (exact) mass is 1140 g/mol. The molecule has 0 spiro atoms. The van der Waals surface area contributed by atoms with Crippen molar-refractivity contribution >= 4 is 0 Å². The van der Waals surface area contributed by atoms with Gasteiger partial charge in [-0.05, 0) is 79.1 Å². The summed E-state index contributed by atoms with van der Waals surface area (Å²) in [5, 5.41) is 0. The minimum Gasteiger partial charge on any atom is -0.505 e. The van der Waals surface area contributed by atoms with Gasteiger partial charge in [-0.1, -0.05) is 47.1 Å². The van der Waals surface area contributed by atoms with Gasteiger partial charge in [0.05, 0.1) is 33.0 Å². The maximum Gasteiger partial charge on any atom is 0.336 e. The molecule has 450 valence electrons. The van der Waals surface area contributed by atoms with Crippen LogP contribution >= 0.6 is 0 Å². The van der Waals surface area contributed by atoms with E-state index >= 15 is 0 Å². The van der Waals surface area contributed by atoms with Gasteiger partial charge in [-0.25, -0.2) is 112 Å². The molecular formula is C55H86N12O14. The predicted molar refractivity (Wildman–Crippen MR) is 319 cm³/mol. The van der Waals surface area contributed by atoms with Crippen molar-refractivity contribution in [1.29, 1.82) is 0 Å². The number of hydrogen-bond donors (Lipinski definition) is 0. The summed E-state index contributed by atoms with van der Waals surface area (Å²) < 4.78 is 20.8. The molecule has 0 bridgehead atoms. The van der Waals surface area contributed by atoms with Gasteiger partial charge >= 0.3 is 68.3 Å². The van der Waals surface area contributed by atoms with Gasteiger partial charge < -0.3 is 9.47 Å². The zero-order valence-corrected chi connectivity index (χ0v) is 49.7. The molecule has 4 heterocycles. The molecule has 0 aliphatic carbocycles. The Labute approximate surface area is 469 Å². The van der Waals surface area contributed by atoms with Gasteiger partial charge in [-0.3, -0.25) is 0 Å². The smallest absolute Gasteiger partial charge is 0.336 e. The second-order valence-electron chi connectivity index (χ2n) is 18.5. The lowest BCUT2D eigenvalue weighted by Crippen LogP contribution is -2.54. The third-order valence-electron chi connectivity index (χ3n) is 11.2. The molecule has 0 aromatic carbocycles. The molecule has 4 aromatic rings. The fourth-order valence-corrected chi connectivity index (χ4v) is 6.77. The van der Waals surface area contributed by atoms with Gasteiger partial charge in [0.15, 0.2) is 0 Å². The number of aromatic nitrogens is 12. The van der Waals surface area contributed by atoms with E-state index in [9.17, 15) is 57.5 Å². The van der Waals surface area contributed by atoms with Gasteiger partial charge in [-0.2, -0.15) is 0 Å². The molecule has 26 heteroatoms. The maximum absolute atomic E-state index is 12.7. The van der Waals surface area contributed by atoms with Crippen LogP contribution in [-0.4, -0.2) is 75.6 Å². The summed E-state index contributed by atoms with van der Waals surface area (Å²) in [6.45, 7) is 38.6. The summed E-state index contributed by atoms with van der Waals surface area (Å²) in [5.74, 6) is 0. The Morgan fingerprint density at radius 2 is 0.531 bits per heavy atom. The van der Waals surface area contributed by atoms with Crippen LogP contribution in [0.1, 0.15) is 79.1 Å². The molecular weight excluding hydrogens is 1050 g/mol. The summed E-state index contributed by atoms with van der Waals surface area (Å²) in [6, 6.07) is 0. The highest BCUT2D eigenvalue weighted by atomic mass is 16.5. The van der Waals surface area contributed by atoms with E-state index in [2.05, 4.69) is 57.4 Å². The molecule has 0 fully saturated rings. The lowest BCUT2D eigenvalue weighted by atomic mass is 10.2. The van der Waals surface area contributed by atoms with Gasteiger partial charge in [0, 0.05) is 75.6 Å². The Bertz CT molecular complexity index is 3050. The normalized spacial score (nSPS) is 10.0. The van der Waals surface area contributed by atoms with Crippen molar-refractivity contribution in [3.05, 3.63) is 225 Å². The van der Waals surface area contributed by atoms with E-state index in [-0.39, 0.29) is 39.3 Å². The first-order valence-electron chi connectivity index (χ1n) is 25.4. The summed E-state index contributed by atoms with van der Waals surface area (Å²) >= 11 is 0. The number of rotatable bonds is 23. The van der Waals surface area contributed by atoms with Crippen molar-refractivity contribution < 1.29 is 9.47 Å². The topological polar surface area (TPSA) is 282 Å². The minimum atomic E-state index is -0.662. The Balaban J connectivity index is 0. The second kappa shape index (κ2) is 38.0. The molecule has 0 unspecified atom stereocenters. The van der Waals surface area contributed by atoms with E-state index in [1.165, 1.54) is 86.1 Å². The number of nitrogens with zero attached hydrogens (tertiary/aromatic N) is 12. The van der Waals surface area contributed by atoms with Crippen LogP contribution in [-0.2, 0) is 91.0 Å². The van der Waals surface area contributed by atoms with Gasteiger partial charge in [0.25, 0.3) is 0 Å². The van der Waals surface area contributed by atoms with Crippen molar-refractivity contribution in [2.75, 3.05) is 20.8 Å². The minimum absolute atomic E-state index is 0.0478. The first-order chi connectivity index (χ1) is 37.8. The summed E-state index contributed by atoms with van der Waals surface area (Å²) in [7, 11) is 11.2. The molecule has 4 aromatic heterocycles. The average Bonchev–Trinajstić information content (AvgIpc) is 3.42. The third-order valence-corrected chi connectivity index (χ3v) is 11.2. The predicted octanol–water partition coefficient (Wildman–Crippen LogP) is 1.30. The molecule has 0 saturated carbocycles. The summed E-state index contributed by atoms with van der Waals surface area (Å²) in [5.41, 5.74) is -2.97. The van der Waals surface area contributed by atoms with Crippen LogP contribution in [0, 0.1) is 0 Å². The zero-order valence-electron chi connectivity index (χ0n) is 49.7. The van der Waals surface area contributed by atoms with Crippen molar-refractivity contribution in [1.82, 2.24) is 54.8 Å². The average molecular weight is 1140 g/mol. The largest absolute Gasteiger partial charge is 0.505 e. The molecule has 0 aliphatic heterocycles. The van der Waals surface area contributed by atoms with Crippen LogP contribution < -0.4 is 68.3 Å². The molecule has 0 saturated heterocycles. The molecule has 0 atom stereocenters.